The molecule has 2 aromatic heterocycles. The minimum Gasteiger partial charge on any atom is -0.494 e. The monoisotopic (exact) mass is 1170 g/mol. The molecule has 4 aromatic carbocycles. The van der Waals surface area contributed by atoms with Gasteiger partial charge in [-0.15, -0.1) is 11.8 Å². The van der Waals surface area contributed by atoms with E-state index in [1.165, 1.54) is 19.0 Å². The van der Waals surface area contributed by atoms with Gasteiger partial charge in [-0.25, -0.2) is 16.8 Å². The second-order valence-electron chi connectivity index (χ2n) is 22.0. The Morgan fingerprint density at radius 3 is 1.89 bits per heavy atom. The molecule has 15 nitrogen and oxygen atoms in total. The van der Waals surface area contributed by atoms with E-state index in [2.05, 4.69) is 66.1 Å². The number of sulfone groups is 2. The number of fused-ring (bicyclic) bond motifs is 2. The second-order valence-corrected chi connectivity index (χ2v) is 28.1. The highest BCUT2D eigenvalue weighted by molar-refractivity contribution is 7.98. The summed E-state index contributed by atoms with van der Waals surface area (Å²) in [6.07, 6.45) is 15.4. The lowest BCUT2D eigenvalue weighted by molar-refractivity contribution is -0.710. The fraction of sp³-hybridized carbons (Fsp3) is 0.508. The molecule has 3 atom stereocenters. The normalized spacial score (nSPS) is 19.9. The molecule has 19 heteroatoms. The van der Waals surface area contributed by atoms with Crippen LogP contribution in [0.1, 0.15) is 84.1 Å². The fourth-order valence-electron chi connectivity index (χ4n) is 12.2. The Kier molecular flexibility index (Phi) is 19.1. The van der Waals surface area contributed by atoms with Crippen molar-refractivity contribution in [1.29, 1.82) is 0 Å². The van der Waals surface area contributed by atoms with Crippen molar-refractivity contribution >= 4 is 75.4 Å². The Morgan fingerprint density at radius 1 is 0.675 bits per heavy atom. The number of aliphatic hydroxyl groups excluding tert-OH is 1. The van der Waals surface area contributed by atoms with Crippen LogP contribution in [0.2, 0.25) is 0 Å². The first kappa shape index (κ1) is 58.3. The van der Waals surface area contributed by atoms with E-state index in [1.807, 2.05) is 24.6 Å². The lowest BCUT2D eigenvalue weighted by atomic mass is 9.95. The minimum absolute atomic E-state index is 0.0962. The van der Waals surface area contributed by atoms with Crippen LogP contribution in [0, 0.1) is 0 Å². The SMILES string of the molecule is CCCCOc1ccc(S(=O)(=O)c2cnc3ccc(S(C)=O)cc3c2N2CCC(N3CCC([n+]4cc(S(=O)(=O)c5ccc(OCCCC)cc5)c(N5CCCN(CCN6CCCC6)CC5)c5cc(SC)ccc54)C(O)C3)CC2)cc1. The maximum atomic E-state index is 15.5. The Balaban J connectivity index is 0.931. The molecule has 4 saturated heterocycles. The summed E-state index contributed by atoms with van der Waals surface area (Å²) in [7, 11) is -9.49. The molecule has 10 rings (SSSR count). The summed E-state index contributed by atoms with van der Waals surface area (Å²) < 4.78 is 87.0. The van der Waals surface area contributed by atoms with Crippen LogP contribution in [0.4, 0.5) is 11.4 Å². The van der Waals surface area contributed by atoms with E-state index in [4.69, 9.17) is 9.47 Å². The number of thioether (sulfide) groups is 1. The molecule has 0 bridgehead atoms. The summed E-state index contributed by atoms with van der Waals surface area (Å²) in [6, 6.07) is 24.9. The van der Waals surface area contributed by atoms with Crippen LogP contribution < -0.4 is 23.8 Å². The van der Waals surface area contributed by atoms with Gasteiger partial charge in [0.15, 0.2) is 17.1 Å². The number of pyridine rings is 2. The van der Waals surface area contributed by atoms with Gasteiger partial charge in [-0.3, -0.25) is 14.1 Å². The predicted octanol–water partition coefficient (Wildman–Crippen LogP) is 9.04. The Hall–Kier alpha value is -4.86. The molecule has 430 valence electrons. The van der Waals surface area contributed by atoms with E-state index in [9.17, 15) is 17.7 Å². The van der Waals surface area contributed by atoms with Crippen LogP contribution in [0.5, 0.6) is 11.5 Å². The number of aromatic nitrogens is 2. The molecule has 0 spiro atoms. The average Bonchev–Trinajstić information content (AvgIpc) is 4.00. The number of piperidine rings is 2. The first-order chi connectivity index (χ1) is 38.8. The number of nitrogens with zero attached hydrogens (tertiary/aromatic N) is 7. The number of hydrogen-bond acceptors (Lipinski definition) is 15. The predicted molar refractivity (Wildman–Crippen MR) is 320 cm³/mol. The van der Waals surface area contributed by atoms with Gasteiger partial charge in [-0.1, -0.05) is 26.7 Å². The van der Waals surface area contributed by atoms with Gasteiger partial charge in [0.05, 0.1) is 45.3 Å². The molecular weight excluding hydrogens is 1090 g/mol. The molecule has 1 N–H and O–H groups in total. The zero-order valence-corrected chi connectivity index (χ0v) is 50.3. The number of β-amino-alcohol motifs (C(OH)–C–C–N with tert-alkyl or cyclic N) is 1. The fourth-order valence-corrected chi connectivity index (χ4v) is 16.1. The van der Waals surface area contributed by atoms with Crippen molar-refractivity contribution in [2.24, 2.45) is 0 Å². The molecule has 4 aliphatic heterocycles. The summed E-state index contributed by atoms with van der Waals surface area (Å²) in [6.45, 7) is 15.0. The van der Waals surface area contributed by atoms with Gasteiger partial charge < -0.3 is 34.2 Å². The molecule has 4 aliphatic rings. The molecule has 0 aliphatic carbocycles. The van der Waals surface area contributed by atoms with Crippen LogP contribution in [-0.2, 0) is 30.5 Å². The lowest BCUT2D eigenvalue weighted by Crippen LogP contribution is -2.58. The van der Waals surface area contributed by atoms with Crippen LogP contribution in [0.3, 0.4) is 0 Å². The first-order valence-electron chi connectivity index (χ1n) is 28.9. The molecule has 0 radical (unpaired) electrons. The quantitative estimate of drug-likeness (QED) is 0.0413. The van der Waals surface area contributed by atoms with Gasteiger partial charge >= 0.3 is 0 Å². The third-order valence-electron chi connectivity index (χ3n) is 16.8. The number of unbranched alkanes of at least 4 members (excludes halogenated alkanes) is 2. The maximum absolute atomic E-state index is 15.5. The molecule has 6 heterocycles. The second kappa shape index (κ2) is 26.2. The van der Waals surface area contributed by atoms with Gasteiger partial charge in [0.1, 0.15) is 22.5 Å². The van der Waals surface area contributed by atoms with Crippen molar-refractivity contribution in [3.8, 4) is 11.5 Å². The van der Waals surface area contributed by atoms with Crippen LogP contribution in [0.15, 0.2) is 127 Å². The first-order valence-corrected chi connectivity index (χ1v) is 34.7. The van der Waals surface area contributed by atoms with Crippen molar-refractivity contribution in [3.63, 3.8) is 0 Å². The van der Waals surface area contributed by atoms with Gasteiger partial charge in [0.2, 0.25) is 25.2 Å². The van der Waals surface area contributed by atoms with Crippen molar-refractivity contribution in [3.05, 3.63) is 97.3 Å². The smallest absolute Gasteiger partial charge is 0.215 e. The summed E-state index contributed by atoms with van der Waals surface area (Å²) in [4.78, 5) is 18.8. The van der Waals surface area contributed by atoms with Gasteiger partial charge in [-0.05, 0) is 150 Å². The van der Waals surface area contributed by atoms with E-state index < -0.39 is 42.6 Å². The topological polar surface area (TPSA) is 157 Å². The van der Waals surface area contributed by atoms with E-state index in [-0.39, 0.29) is 25.6 Å². The van der Waals surface area contributed by atoms with E-state index in [1.54, 1.807) is 72.6 Å². The van der Waals surface area contributed by atoms with Crippen molar-refractivity contribution < 1.29 is 40.2 Å². The standard InChI is InChI=1S/C61H80N7O8S4/c1-5-7-38-75-46-12-18-50(19-13-46)79(71,72)58-42-62-54-22-17-49(78(4)70)41-52(54)60(58)66-31-24-45(25-32-66)67-33-26-56(57(69)43-67)68-44-59(80(73,74)51-20-14-47(15-21-51)76-39-8-6-2)61(53-40-48(77-3)16-23-55(53)68)65-30-11-29-64(36-37-65)35-34-63-27-9-10-28-63/h12-23,40-42,44-45,56-57,69H,5-11,24-39,43H2,1-4H3/q+1. The van der Waals surface area contributed by atoms with Gasteiger partial charge in [0, 0.05) is 116 Å². The molecule has 80 heavy (non-hydrogen) atoms. The van der Waals surface area contributed by atoms with Crippen molar-refractivity contribution in [2.45, 2.75) is 126 Å². The molecule has 0 amide bonds. The maximum Gasteiger partial charge on any atom is 0.215 e. The minimum atomic E-state index is -4.11. The van der Waals surface area contributed by atoms with Crippen LogP contribution in [0.25, 0.3) is 21.8 Å². The van der Waals surface area contributed by atoms with Crippen LogP contribution in [-0.4, -0.2) is 162 Å². The zero-order chi connectivity index (χ0) is 56.0. The zero-order valence-electron chi connectivity index (χ0n) is 47.0. The number of ether oxygens (including phenoxy) is 2. The summed E-state index contributed by atoms with van der Waals surface area (Å²) in [5.74, 6) is 1.24. The number of benzene rings is 4. The Labute approximate surface area is 480 Å². The van der Waals surface area contributed by atoms with Crippen molar-refractivity contribution in [1.82, 2.24) is 19.7 Å². The summed E-state index contributed by atoms with van der Waals surface area (Å²) in [5.41, 5.74) is 2.78. The molecular formula is C61H80N7O8S4+. The lowest BCUT2D eigenvalue weighted by Gasteiger charge is -2.43. The van der Waals surface area contributed by atoms with E-state index in [0.717, 1.165) is 92.9 Å². The number of aliphatic hydroxyl groups is 1. The highest BCUT2D eigenvalue weighted by Crippen LogP contribution is 2.42. The summed E-state index contributed by atoms with van der Waals surface area (Å²) >= 11 is 1.63. The highest BCUT2D eigenvalue weighted by Gasteiger charge is 2.42. The van der Waals surface area contributed by atoms with Gasteiger partial charge in [0.25, 0.3) is 0 Å². The summed E-state index contributed by atoms with van der Waals surface area (Å²) in [5, 5.41) is 14.0. The van der Waals surface area contributed by atoms with Crippen LogP contribution >= 0.6 is 11.8 Å². The molecule has 0 saturated carbocycles. The van der Waals surface area contributed by atoms with Crippen molar-refractivity contribution in [2.75, 3.05) is 114 Å². The van der Waals surface area contributed by atoms with E-state index in [0.29, 0.717) is 105 Å². The number of anilines is 2. The van der Waals surface area contributed by atoms with E-state index >= 15 is 8.42 Å². The number of hydrogen-bond donors (Lipinski definition) is 1. The third-order valence-corrected chi connectivity index (χ3v) is 22.0. The van der Waals surface area contributed by atoms with Gasteiger partial charge in [-0.2, -0.15) is 4.57 Å². The number of rotatable bonds is 21. The third kappa shape index (κ3) is 12.8. The Bertz CT molecular complexity index is 3360. The molecule has 3 unspecified atom stereocenters. The largest absolute Gasteiger partial charge is 0.494 e. The Morgan fingerprint density at radius 2 is 1.27 bits per heavy atom. The highest BCUT2D eigenvalue weighted by atomic mass is 32.2. The average molecular weight is 1170 g/mol. The molecule has 4 fully saturated rings. The molecule has 6 aromatic rings. The number of likely N-dealkylation sites (tertiary alicyclic amines) is 2.